The highest BCUT2D eigenvalue weighted by Gasteiger charge is 2.26. The minimum Gasteiger partial charge on any atom is -0.496 e. The van der Waals surface area contributed by atoms with Gasteiger partial charge in [-0.25, -0.2) is 13.1 Å². The van der Waals surface area contributed by atoms with Crippen LogP contribution in [-0.2, 0) is 10.0 Å². The molecule has 0 aromatic heterocycles. The summed E-state index contributed by atoms with van der Waals surface area (Å²) in [5.41, 5.74) is 0.826. The van der Waals surface area contributed by atoms with Gasteiger partial charge < -0.3 is 4.74 Å². The number of hydrogen-bond acceptors (Lipinski definition) is 3. The van der Waals surface area contributed by atoms with Crippen LogP contribution in [0, 0.1) is 12.8 Å². The molecule has 1 N–H and O–H groups in total. The maximum atomic E-state index is 12.4. The average molecular weight is 297 g/mol. The fraction of sp³-hybridized carbons (Fsp3) is 0.600. The quantitative estimate of drug-likeness (QED) is 0.929. The molecule has 0 unspecified atom stereocenters. The van der Waals surface area contributed by atoms with Gasteiger partial charge in [0, 0.05) is 6.04 Å². The first-order valence-electron chi connectivity index (χ1n) is 7.11. The summed E-state index contributed by atoms with van der Waals surface area (Å²) in [5.74, 6) is 1.10. The Morgan fingerprint density at radius 1 is 1.25 bits per heavy atom. The van der Waals surface area contributed by atoms with Crippen molar-refractivity contribution >= 4 is 10.0 Å². The van der Waals surface area contributed by atoms with Crippen LogP contribution in [0.2, 0.25) is 0 Å². The third kappa shape index (κ3) is 3.33. The van der Waals surface area contributed by atoms with Crippen LogP contribution in [0.15, 0.2) is 23.1 Å². The third-order valence-electron chi connectivity index (χ3n) is 4.09. The van der Waals surface area contributed by atoms with Crippen LogP contribution in [0.4, 0.5) is 0 Å². The molecule has 2 rings (SSSR count). The number of hydrogen-bond donors (Lipinski definition) is 1. The molecular weight excluding hydrogens is 274 g/mol. The summed E-state index contributed by atoms with van der Waals surface area (Å²) < 4.78 is 32.9. The molecule has 0 aliphatic heterocycles. The molecule has 1 aromatic carbocycles. The molecule has 1 saturated carbocycles. The summed E-state index contributed by atoms with van der Waals surface area (Å²) in [6.45, 7) is 3.96. The molecule has 0 amide bonds. The van der Waals surface area contributed by atoms with E-state index in [0.29, 0.717) is 16.6 Å². The van der Waals surface area contributed by atoms with Crippen molar-refractivity contribution in [3.63, 3.8) is 0 Å². The molecule has 0 spiro atoms. The maximum absolute atomic E-state index is 12.4. The second kappa shape index (κ2) is 6.14. The van der Waals surface area contributed by atoms with Gasteiger partial charge in [0.1, 0.15) is 5.75 Å². The van der Waals surface area contributed by atoms with Crippen LogP contribution >= 0.6 is 0 Å². The molecule has 0 saturated heterocycles. The SMILES string of the molecule is COc1ccc(S(=O)(=O)N[C@@H]2CCCC[C@@H]2C)cc1C. The Morgan fingerprint density at radius 3 is 2.55 bits per heavy atom. The first kappa shape index (κ1) is 15.3. The summed E-state index contributed by atoms with van der Waals surface area (Å²) in [7, 11) is -1.86. The van der Waals surface area contributed by atoms with Crippen LogP contribution in [-0.4, -0.2) is 21.6 Å². The first-order valence-corrected chi connectivity index (χ1v) is 8.59. The second-order valence-corrected chi connectivity index (χ2v) is 7.33. The lowest BCUT2D eigenvalue weighted by atomic mass is 9.87. The van der Waals surface area contributed by atoms with E-state index in [1.54, 1.807) is 25.3 Å². The van der Waals surface area contributed by atoms with Gasteiger partial charge in [-0.15, -0.1) is 0 Å². The lowest BCUT2D eigenvalue weighted by Gasteiger charge is -2.29. The van der Waals surface area contributed by atoms with Crippen molar-refractivity contribution in [3.05, 3.63) is 23.8 Å². The highest BCUT2D eigenvalue weighted by Crippen LogP contribution is 2.26. The number of aryl methyl sites for hydroxylation is 1. The van der Waals surface area contributed by atoms with Gasteiger partial charge in [-0.3, -0.25) is 0 Å². The van der Waals surface area contributed by atoms with Crippen molar-refractivity contribution in [1.82, 2.24) is 4.72 Å². The van der Waals surface area contributed by atoms with Crippen LogP contribution in [0.3, 0.4) is 0 Å². The molecule has 1 fully saturated rings. The van der Waals surface area contributed by atoms with E-state index in [-0.39, 0.29) is 6.04 Å². The van der Waals surface area contributed by atoms with Gasteiger partial charge in [-0.2, -0.15) is 0 Å². The highest BCUT2D eigenvalue weighted by atomic mass is 32.2. The Hall–Kier alpha value is -1.07. The van der Waals surface area contributed by atoms with Crippen molar-refractivity contribution in [2.75, 3.05) is 7.11 Å². The molecule has 4 nitrogen and oxygen atoms in total. The van der Waals surface area contributed by atoms with Crippen molar-refractivity contribution < 1.29 is 13.2 Å². The Kier molecular flexibility index (Phi) is 4.70. The Bertz CT molecular complexity index is 568. The van der Waals surface area contributed by atoms with E-state index in [0.717, 1.165) is 24.8 Å². The van der Waals surface area contributed by atoms with Gasteiger partial charge in [0.2, 0.25) is 10.0 Å². The molecule has 20 heavy (non-hydrogen) atoms. The van der Waals surface area contributed by atoms with Crippen LogP contribution < -0.4 is 9.46 Å². The predicted octanol–water partition coefficient (Wildman–Crippen LogP) is 2.86. The van der Waals surface area contributed by atoms with Gasteiger partial charge in [-0.1, -0.05) is 19.8 Å². The van der Waals surface area contributed by atoms with Crippen LogP contribution in [0.5, 0.6) is 5.75 Å². The van der Waals surface area contributed by atoms with Crippen molar-refractivity contribution in [3.8, 4) is 5.75 Å². The molecule has 1 aliphatic carbocycles. The van der Waals surface area contributed by atoms with Crippen molar-refractivity contribution in [1.29, 1.82) is 0 Å². The summed E-state index contributed by atoms with van der Waals surface area (Å²) in [6.07, 6.45) is 4.31. The third-order valence-corrected chi connectivity index (χ3v) is 5.58. The Balaban J connectivity index is 2.19. The van der Waals surface area contributed by atoms with E-state index in [2.05, 4.69) is 11.6 Å². The topological polar surface area (TPSA) is 55.4 Å². The molecule has 0 radical (unpaired) electrons. The fourth-order valence-corrected chi connectivity index (χ4v) is 4.24. The smallest absolute Gasteiger partial charge is 0.240 e. The van der Waals surface area contributed by atoms with E-state index in [1.165, 1.54) is 6.42 Å². The number of sulfonamides is 1. The van der Waals surface area contributed by atoms with E-state index in [1.807, 2.05) is 6.92 Å². The lowest BCUT2D eigenvalue weighted by Crippen LogP contribution is -2.40. The number of nitrogens with one attached hydrogen (secondary N) is 1. The van der Waals surface area contributed by atoms with Gasteiger partial charge in [0.05, 0.1) is 12.0 Å². The normalized spacial score (nSPS) is 23.6. The van der Waals surface area contributed by atoms with Crippen LogP contribution in [0.25, 0.3) is 0 Å². The molecular formula is C15H23NO3S. The zero-order valence-electron chi connectivity index (χ0n) is 12.3. The Labute approximate surface area is 121 Å². The molecule has 112 valence electrons. The zero-order valence-corrected chi connectivity index (χ0v) is 13.2. The lowest BCUT2D eigenvalue weighted by molar-refractivity contribution is 0.310. The Morgan fingerprint density at radius 2 is 1.95 bits per heavy atom. The second-order valence-electron chi connectivity index (χ2n) is 5.62. The molecule has 0 bridgehead atoms. The number of methoxy groups -OCH3 is 1. The summed E-state index contributed by atoms with van der Waals surface area (Å²) in [6, 6.07) is 5.01. The largest absolute Gasteiger partial charge is 0.496 e. The maximum Gasteiger partial charge on any atom is 0.240 e. The monoisotopic (exact) mass is 297 g/mol. The predicted molar refractivity (Wildman–Crippen MR) is 79.5 cm³/mol. The molecule has 2 atom stereocenters. The van der Waals surface area contributed by atoms with Gasteiger partial charge >= 0.3 is 0 Å². The highest BCUT2D eigenvalue weighted by molar-refractivity contribution is 7.89. The summed E-state index contributed by atoms with van der Waals surface area (Å²) in [4.78, 5) is 0.313. The first-order chi connectivity index (χ1) is 9.44. The number of rotatable bonds is 4. The van der Waals surface area contributed by atoms with E-state index in [4.69, 9.17) is 4.74 Å². The zero-order chi connectivity index (χ0) is 14.8. The van der Waals surface area contributed by atoms with Crippen molar-refractivity contribution in [2.24, 2.45) is 5.92 Å². The molecule has 1 aromatic rings. The van der Waals surface area contributed by atoms with E-state index >= 15 is 0 Å². The van der Waals surface area contributed by atoms with Gasteiger partial charge in [-0.05, 0) is 49.4 Å². The number of benzene rings is 1. The molecule has 0 heterocycles. The van der Waals surface area contributed by atoms with Crippen molar-refractivity contribution in [2.45, 2.75) is 50.5 Å². The molecule has 5 heteroatoms. The van der Waals surface area contributed by atoms with Crippen LogP contribution in [0.1, 0.15) is 38.2 Å². The standard InChI is InChI=1S/C15H23NO3S/c1-11-6-4-5-7-14(11)16-20(17,18)13-8-9-15(19-3)12(2)10-13/h8-11,14,16H,4-7H2,1-3H3/t11-,14+/m0/s1. The van der Waals surface area contributed by atoms with E-state index < -0.39 is 10.0 Å². The minimum atomic E-state index is -3.45. The fourth-order valence-electron chi connectivity index (χ4n) is 2.78. The molecule has 1 aliphatic rings. The minimum absolute atomic E-state index is 0.0520. The summed E-state index contributed by atoms with van der Waals surface area (Å²) >= 11 is 0. The average Bonchev–Trinajstić information content (AvgIpc) is 2.41. The van der Waals surface area contributed by atoms with E-state index in [9.17, 15) is 8.42 Å². The number of ether oxygens (including phenoxy) is 1. The summed E-state index contributed by atoms with van der Waals surface area (Å²) in [5, 5.41) is 0. The van der Waals surface area contributed by atoms with Gasteiger partial charge in [0.15, 0.2) is 0 Å². The van der Waals surface area contributed by atoms with Gasteiger partial charge in [0.25, 0.3) is 0 Å².